The van der Waals surface area contributed by atoms with E-state index in [0.717, 1.165) is 49.3 Å². The number of hydrogen-bond donors (Lipinski definition) is 0. The maximum absolute atomic E-state index is 6.49. The Bertz CT molecular complexity index is 2660. The van der Waals surface area contributed by atoms with Crippen LogP contribution in [0.2, 0.25) is 0 Å². The molecule has 0 amide bonds. The number of aromatic nitrogens is 5. The fraction of sp³-hybridized carbons (Fsp3) is 0.146. The topological polar surface area (TPSA) is 56.7 Å². The molecule has 5 aromatic heterocycles. The molecule has 6 nitrogen and oxygen atoms in total. The third-order valence-corrected chi connectivity index (χ3v) is 9.35. The maximum Gasteiger partial charge on any atom is 2.00 e. The number of nitrogens with zero attached hydrogens (tertiary/aromatic N) is 5. The predicted octanol–water partition coefficient (Wildman–Crippen LogP) is 10.3. The SMILES string of the molecule is CC(C)c1cccc(C(C)C)c1-c1cccc2c1c1ccc(Oc3[c-]c4c(cc3)c3ccncc3n3ccnc43)[c-]c1c1nccn21.[Pt+2]. The summed E-state index contributed by atoms with van der Waals surface area (Å²) in [4.78, 5) is 13.8. The van der Waals surface area contributed by atoms with Crippen molar-refractivity contribution in [2.45, 2.75) is 39.5 Å². The number of benzene rings is 4. The van der Waals surface area contributed by atoms with Crippen LogP contribution >= 0.6 is 0 Å². The Hall–Kier alpha value is -5.06. The zero-order valence-electron chi connectivity index (χ0n) is 26.9. The van der Waals surface area contributed by atoms with Gasteiger partial charge in [-0.3, -0.25) is 15.0 Å². The molecule has 9 rings (SSSR count). The fourth-order valence-corrected chi connectivity index (χ4v) is 7.24. The Kier molecular flexibility index (Phi) is 7.30. The van der Waals surface area contributed by atoms with E-state index in [9.17, 15) is 0 Å². The van der Waals surface area contributed by atoms with Gasteiger partial charge in [0.15, 0.2) is 0 Å². The molecule has 0 N–H and O–H groups in total. The van der Waals surface area contributed by atoms with Crippen LogP contribution in [0.15, 0.2) is 104 Å². The number of pyridine rings is 3. The van der Waals surface area contributed by atoms with Crippen LogP contribution < -0.4 is 4.74 Å². The minimum atomic E-state index is 0. The average Bonchev–Trinajstić information content (AvgIpc) is 3.79. The van der Waals surface area contributed by atoms with Gasteiger partial charge in [-0.2, -0.15) is 0 Å². The molecule has 0 bridgehead atoms. The van der Waals surface area contributed by atoms with Crippen LogP contribution in [0.25, 0.3) is 65.8 Å². The number of hydrogen-bond acceptors (Lipinski definition) is 4. The summed E-state index contributed by atoms with van der Waals surface area (Å²) in [7, 11) is 0. The van der Waals surface area contributed by atoms with Crippen LogP contribution in [0, 0.1) is 12.1 Å². The second kappa shape index (κ2) is 11.6. The molecule has 5 heterocycles. The number of fused-ring (bicyclic) bond motifs is 12. The molecule has 48 heavy (non-hydrogen) atoms. The van der Waals surface area contributed by atoms with E-state index >= 15 is 0 Å². The number of ether oxygens (including phenoxy) is 1. The third-order valence-electron chi connectivity index (χ3n) is 9.35. The Labute approximate surface area is 292 Å². The molecule has 0 saturated heterocycles. The summed E-state index contributed by atoms with van der Waals surface area (Å²) in [6, 6.07) is 30.7. The van der Waals surface area contributed by atoms with Crippen LogP contribution in [0.3, 0.4) is 0 Å². The number of imidazole rings is 2. The third kappa shape index (κ3) is 4.54. The van der Waals surface area contributed by atoms with Crippen molar-refractivity contribution in [3.8, 4) is 22.6 Å². The van der Waals surface area contributed by atoms with Crippen molar-refractivity contribution in [1.29, 1.82) is 0 Å². The summed E-state index contributed by atoms with van der Waals surface area (Å²) in [6.07, 6.45) is 11.3. The summed E-state index contributed by atoms with van der Waals surface area (Å²) >= 11 is 0. The van der Waals surface area contributed by atoms with E-state index in [-0.39, 0.29) is 21.1 Å². The van der Waals surface area contributed by atoms with Gasteiger partial charge in [0, 0.05) is 54.2 Å². The Morgan fingerprint density at radius 1 is 0.625 bits per heavy atom. The smallest absolute Gasteiger partial charge is 0.497 e. The molecular weight excluding hydrogens is 774 g/mol. The molecule has 0 aliphatic carbocycles. The molecule has 236 valence electrons. The average molecular weight is 805 g/mol. The first-order valence-corrected chi connectivity index (χ1v) is 16.1. The molecule has 7 heteroatoms. The van der Waals surface area contributed by atoms with Crippen molar-refractivity contribution >= 4 is 54.6 Å². The van der Waals surface area contributed by atoms with Gasteiger partial charge in [-0.1, -0.05) is 104 Å². The van der Waals surface area contributed by atoms with E-state index in [2.05, 4.69) is 103 Å². The molecule has 0 spiro atoms. The molecular formula is C41H31N5OPt. The Morgan fingerprint density at radius 2 is 1.23 bits per heavy atom. The first-order chi connectivity index (χ1) is 23.0. The van der Waals surface area contributed by atoms with Crippen LogP contribution in [0.5, 0.6) is 11.5 Å². The molecule has 0 aliphatic rings. The Balaban J connectivity index is 0.00000336. The van der Waals surface area contributed by atoms with E-state index < -0.39 is 0 Å². The summed E-state index contributed by atoms with van der Waals surface area (Å²) in [5, 5.41) is 6.22. The van der Waals surface area contributed by atoms with Gasteiger partial charge in [0.05, 0.1) is 16.8 Å². The first-order valence-electron chi connectivity index (χ1n) is 16.1. The zero-order valence-corrected chi connectivity index (χ0v) is 29.2. The maximum atomic E-state index is 6.49. The molecule has 0 unspecified atom stereocenters. The molecule has 9 aromatic rings. The zero-order chi connectivity index (χ0) is 31.8. The first kappa shape index (κ1) is 30.3. The van der Waals surface area contributed by atoms with E-state index in [1.165, 1.54) is 27.6 Å². The van der Waals surface area contributed by atoms with Gasteiger partial charge in [-0.25, -0.2) is 0 Å². The van der Waals surface area contributed by atoms with Gasteiger partial charge in [0.1, 0.15) is 0 Å². The van der Waals surface area contributed by atoms with E-state index in [1.54, 1.807) is 6.20 Å². The predicted molar refractivity (Wildman–Crippen MR) is 190 cm³/mol. The van der Waals surface area contributed by atoms with Gasteiger partial charge in [0.25, 0.3) is 0 Å². The minimum Gasteiger partial charge on any atom is -0.497 e. The fourth-order valence-electron chi connectivity index (χ4n) is 7.24. The molecule has 0 fully saturated rings. The molecule has 0 saturated carbocycles. The Morgan fingerprint density at radius 3 is 1.90 bits per heavy atom. The summed E-state index contributed by atoms with van der Waals surface area (Å²) < 4.78 is 10.7. The van der Waals surface area contributed by atoms with Crippen molar-refractivity contribution < 1.29 is 25.8 Å². The van der Waals surface area contributed by atoms with Crippen LogP contribution in [0.1, 0.15) is 50.7 Å². The number of rotatable bonds is 5. The summed E-state index contributed by atoms with van der Waals surface area (Å²) in [5.74, 6) is 1.96. The van der Waals surface area contributed by atoms with Crippen molar-refractivity contribution in [1.82, 2.24) is 23.8 Å². The van der Waals surface area contributed by atoms with Gasteiger partial charge in [-0.15, -0.1) is 12.1 Å². The quantitative estimate of drug-likeness (QED) is 0.128. The van der Waals surface area contributed by atoms with Crippen molar-refractivity contribution in [3.63, 3.8) is 0 Å². The van der Waals surface area contributed by atoms with E-state index in [1.807, 2.05) is 53.6 Å². The second-order valence-corrected chi connectivity index (χ2v) is 12.8. The molecule has 4 aromatic carbocycles. The van der Waals surface area contributed by atoms with E-state index in [0.29, 0.717) is 23.3 Å². The van der Waals surface area contributed by atoms with Crippen LogP contribution in [-0.2, 0) is 21.1 Å². The summed E-state index contributed by atoms with van der Waals surface area (Å²) in [5.41, 5.74) is 9.04. The standard InChI is InChI=1S/C41H31N5O.Pt/c1-24(2)28-7-5-8-29(25(3)4)38(28)33-9-6-10-36-39(33)32-14-12-27(22-35(32)41-44-17-19-45(36)41)47-26-11-13-30-31-15-16-42-23-37(31)46-20-18-43-40(46)34(30)21-26;/h5-20,23-25H,1-4H3;/q-2;+2. The minimum absolute atomic E-state index is 0. The van der Waals surface area contributed by atoms with Crippen molar-refractivity contribution in [2.24, 2.45) is 0 Å². The largest absolute Gasteiger partial charge is 2.00 e. The van der Waals surface area contributed by atoms with Crippen molar-refractivity contribution in [3.05, 3.63) is 127 Å². The molecule has 0 atom stereocenters. The van der Waals surface area contributed by atoms with Gasteiger partial charge in [-0.05, 0) is 57.0 Å². The van der Waals surface area contributed by atoms with Crippen LogP contribution in [-0.4, -0.2) is 23.8 Å². The van der Waals surface area contributed by atoms with Gasteiger partial charge >= 0.3 is 21.1 Å². The summed E-state index contributed by atoms with van der Waals surface area (Å²) in [6.45, 7) is 9.11. The monoisotopic (exact) mass is 804 g/mol. The second-order valence-electron chi connectivity index (χ2n) is 12.8. The van der Waals surface area contributed by atoms with Crippen LogP contribution in [0.4, 0.5) is 0 Å². The molecule has 0 radical (unpaired) electrons. The van der Waals surface area contributed by atoms with E-state index in [4.69, 9.17) is 9.72 Å². The molecule has 0 aliphatic heterocycles. The van der Waals surface area contributed by atoms with Crippen molar-refractivity contribution in [2.75, 3.05) is 0 Å². The van der Waals surface area contributed by atoms with Gasteiger partial charge in [0.2, 0.25) is 0 Å². The van der Waals surface area contributed by atoms with Gasteiger partial charge < -0.3 is 13.5 Å². The normalized spacial score (nSPS) is 12.0.